The molecule has 21 heavy (non-hydrogen) atoms. The molecule has 4 heteroatoms. The van der Waals surface area contributed by atoms with Crippen LogP contribution in [0, 0.1) is 5.92 Å². The number of carbonyl (C=O) groups excluding carboxylic acids is 1. The average molecular weight is 290 g/mol. The Kier molecular flexibility index (Phi) is 6.21. The van der Waals surface area contributed by atoms with E-state index < -0.39 is 0 Å². The van der Waals surface area contributed by atoms with Gasteiger partial charge in [-0.15, -0.1) is 0 Å². The van der Waals surface area contributed by atoms with Gasteiger partial charge in [0.25, 0.3) is 0 Å². The Hall–Kier alpha value is -1.39. The number of amides is 1. The molecular weight excluding hydrogens is 264 g/mol. The Morgan fingerprint density at radius 2 is 1.90 bits per heavy atom. The second kappa shape index (κ2) is 8.15. The zero-order valence-corrected chi connectivity index (χ0v) is 12.6. The highest BCUT2D eigenvalue weighted by Gasteiger charge is 2.30. The topological polar surface area (TPSA) is 66.6 Å². The SMILES string of the molecule is NC1CCCCCC1C(=O)N(CCO)Cc1ccccc1. The summed E-state index contributed by atoms with van der Waals surface area (Å²) in [6.45, 7) is 0.904. The van der Waals surface area contributed by atoms with Crippen LogP contribution in [0.3, 0.4) is 0 Å². The Morgan fingerprint density at radius 1 is 1.19 bits per heavy atom. The number of hydrogen-bond donors (Lipinski definition) is 2. The molecule has 116 valence electrons. The molecular formula is C17H26N2O2. The number of hydrogen-bond acceptors (Lipinski definition) is 3. The molecule has 0 aromatic heterocycles. The Balaban J connectivity index is 2.07. The molecule has 0 radical (unpaired) electrons. The fraction of sp³-hybridized carbons (Fsp3) is 0.588. The van der Waals surface area contributed by atoms with Gasteiger partial charge in [-0.3, -0.25) is 4.79 Å². The number of rotatable bonds is 5. The number of nitrogens with two attached hydrogens (primary N) is 1. The van der Waals surface area contributed by atoms with Gasteiger partial charge in [-0.1, -0.05) is 49.6 Å². The number of carbonyl (C=O) groups is 1. The van der Waals surface area contributed by atoms with Crippen LogP contribution in [0.2, 0.25) is 0 Å². The molecule has 0 bridgehead atoms. The third-order valence-corrected chi connectivity index (χ3v) is 4.28. The van der Waals surface area contributed by atoms with Crippen LogP contribution in [-0.2, 0) is 11.3 Å². The number of aliphatic hydroxyl groups is 1. The van der Waals surface area contributed by atoms with Gasteiger partial charge in [0, 0.05) is 19.1 Å². The fourth-order valence-corrected chi connectivity index (χ4v) is 3.07. The summed E-state index contributed by atoms with van der Waals surface area (Å²) in [5.74, 6) is 0.00469. The highest BCUT2D eigenvalue weighted by atomic mass is 16.3. The van der Waals surface area contributed by atoms with Crippen LogP contribution >= 0.6 is 0 Å². The van der Waals surface area contributed by atoms with Gasteiger partial charge in [0.1, 0.15) is 0 Å². The van der Waals surface area contributed by atoms with Crippen LogP contribution in [0.1, 0.15) is 37.7 Å². The molecule has 1 aromatic rings. The Labute approximate surface area is 126 Å². The van der Waals surface area contributed by atoms with E-state index in [4.69, 9.17) is 5.73 Å². The number of benzene rings is 1. The smallest absolute Gasteiger partial charge is 0.227 e. The van der Waals surface area contributed by atoms with E-state index in [0.29, 0.717) is 13.1 Å². The molecule has 1 fully saturated rings. The van der Waals surface area contributed by atoms with E-state index in [-0.39, 0.29) is 24.5 Å². The number of aliphatic hydroxyl groups excluding tert-OH is 1. The summed E-state index contributed by atoms with van der Waals surface area (Å²) in [4.78, 5) is 14.5. The molecule has 2 rings (SSSR count). The lowest BCUT2D eigenvalue weighted by atomic mass is 9.93. The van der Waals surface area contributed by atoms with Gasteiger partial charge in [0.15, 0.2) is 0 Å². The van der Waals surface area contributed by atoms with Crippen LogP contribution in [0.4, 0.5) is 0 Å². The quantitative estimate of drug-likeness (QED) is 0.814. The van der Waals surface area contributed by atoms with Crippen LogP contribution in [0.25, 0.3) is 0 Å². The van der Waals surface area contributed by atoms with E-state index in [0.717, 1.165) is 37.7 Å². The first-order valence-electron chi connectivity index (χ1n) is 7.91. The van der Waals surface area contributed by atoms with E-state index in [1.165, 1.54) is 0 Å². The summed E-state index contributed by atoms with van der Waals surface area (Å²) in [7, 11) is 0. The standard InChI is InChI=1S/C17H26N2O2/c18-16-10-6-2-5-9-15(16)17(21)19(11-12-20)13-14-7-3-1-4-8-14/h1,3-4,7-8,15-16,20H,2,5-6,9-13,18H2. The highest BCUT2D eigenvalue weighted by Crippen LogP contribution is 2.24. The van der Waals surface area contributed by atoms with Crippen molar-refractivity contribution in [3.8, 4) is 0 Å². The van der Waals surface area contributed by atoms with Gasteiger partial charge in [-0.25, -0.2) is 0 Å². The van der Waals surface area contributed by atoms with E-state index in [1.807, 2.05) is 30.3 Å². The minimum atomic E-state index is -0.0947. The summed E-state index contributed by atoms with van der Waals surface area (Å²) in [5.41, 5.74) is 7.28. The summed E-state index contributed by atoms with van der Waals surface area (Å²) >= 11 is 0. The predicted molar refractivity (Wildman–Crippen MR) is 83.5 cm³/mol. The molecule has 3 N–H and O–H groups in total. The third-order valence-electron chi connectivity index (χ3n) is 4.28. The Morgan fingerprint density at radius 3 is 2.62 bits per heavy atom. The van der Waals surface area contributed by atoms with E-state index in [9.17, 15) is 9.90 Å². The first-order chi connectivity index (χ1) is 10.2. The normalized spacial score (nSPS) is 22.6. The van der Waals surface area contributed by atoms with Gasteiger partial charge in [-0.2, -0.15) is 0 Å². The van der Waals surface area contributed by atoms with Gasteiger partial charge < -0.3 is 15.7 Å². The molecule has 1 amide bonds. The predicted octanol–water partition coefficient (Wildman–Crippen LogP) is 1.92. The second-order valence-corrected chi connectivity index (χ2v) is 5.88. The molecule has 2 atom stereocenters. The molecule has 0 saturated heterocycles. The lowest BCUT2D eigenvalue weighted by Gasteiger charge is -2.29. The van der Waals surface area contributed by atoms with Crippen LogP contribution in [0.5, 0.6) is 0 Å². The van der Waals surface area contributed by atoms with Crippen molar-refractivity contribution < 1.29 is 9.90 Å². The molecule has 0 spiro atoms. The molecule has 1 aliphatic carbocycles. The largest absolute Gasteiger partial charge is 0.395 e. The summed E-state index contributed by atoms with van der Waals surface area (Å²) in [6.07, 6.45) is 5.15. The van der Waals surface area contributed by atoms with Crippen molar-refractivity contribution in [3.05, 3.63) is 35.9 Å². The molecule has 4 nitrogen and oxygen atoms in total. The van der Waals surface area contributed by atoms with Crippen molar-refractivity contribution in [2.24, 2.45) is 11.7 Å². The van der Waals surface area contributed by atoms with Crippen molar-refractivity contribution in [3.63, 3.8) is 0 Å². The van der Waals surface area contributed by atoms with Crippen LogP contribution in [-0.4, -0.2) is 35.1 Å². The maximum atomic E-state index is 12.8. The van der Waals surface area contributed by atoms with Gasteiger partial charge in [-0.05, 0) is 18.4 Å². The molecule has 1 saturated carbocycles. The van der Waals surface area contributed by atoms with Gasteiger partial charge in [0.05, 0.1) is 12.5 Å². The highest BCUT2D eigenvalue weighted by molar-refractivity contribution is 5.79. The van der Waals surface area contributed by atoms with E-state index in [1.54, 1.807) is 4.90 Å². The maximum Gasteiger partial charge on any atom is 0.227 e. The molecule has 0 heterocycles. The lowest BCUT2D eigenvalue weighted by Crippen LogP contribution is -2.44. The third kappa shape index (κ3) is 4.55. The van der Waals surface area contributed by atoms with Gasteiger partial charge in [0.2, 0.25) is 5.91 Å². The van der Waals surface area contributed by atoms with Crippen LogP contribution in [0.15, 0.2) is 30.3 Å². The van der Waals surface area contributed by atoms with Crippen LogP contribution < -0.4 is 5.73 Å². The van der Waals surface area contributed by atoms with Crippen molar-refractivity contribution >= 4 is 5.91 Å². The maximum absolute atomic E-state index is 12.8. The Bertz CT molecular complexity index is 436. The zero-order valence-electron chi connectivity index (χ0n) is 12.6. The van der Waals surface area contributed by atoms with Crippen molar-refractivity contribution in [1.82, 2.24) is 4.90 Å². The van der Waals surface area contributed by atoms with Gasteiger partial charge >= 0.3 is 0 Å². The minimum Gasteiger partial charge on any atom is -0.395 e. The molecule has 1 aliphatic rings. The van der Waals surface area contributed by atoms with E-state index >= 15 is 0 Å². The summed E-state index contributed by atoms with van der Waals surface area (Å²) < 4.78 is 0. The zero-order chi connectivity index (χ0) is 15.1. The second-order valence-electron chi connectivity index (χ2n) is 5.88. The van der Waals surface area contributed by atoms with Crippen molar-refractivity contribution in [2.45, 2.75) is 44.7 Å². The average Bonchev–Trinajstić information content (AvgIpc) is 2.72. The summed E-state index contributed by atoms with van der Waals surface area (Å²) in [6, 6.07) is 9.86. The van der Waals surface area contributed by atoms with Crippen molar-refractivity contribution in [1.29, 1.82) is 0 Å². The lowest BCUT2D eigenvalue weighted by molar-refractivity contribution is -0.137. The van der Waals surface area contributed by atoms with Crippen molar-refractivity contribution in [2.75, 3.05) is 13.2 Å². The first-order valence-corrected chi connectivity index (χ1v) is 7.91. The first kappa shape index (κ1) is 16.0. The monoisotopic (exact) mass is 290 g/mol. The summed E-state index contributed by atoms with van der Waals surface area (Å²) in [5, 5.41) is 9.26. The molecule has 1 aromatic carbocycles. The molecule has 2 unspecified atom stereocenters. The number of nitrogens with zero attached hydrogens (tertiary/aromatic N) is 1. The fourth-order valence-electron chi connectivity index (χ4n) is 3.07. The molecule has 0 aliphatic heterocycles. The minimum absolute atomic E-state index is 0.0134. The van der Waals surface area contributed by atoms with E-state index in [2.05, 4.69) is 0 Å².